The molecule has 11 heteroatoms. The van der Waals surface area contributed by atoms with Gasteiger partial charge < -0.3 is 20.2 Å². The molecule has 0 saturated carbocycles. The summed E-state index contributed by atoms with van der Waals surface area (Å²) in [5.41, 5.74) is 0. The molecule has 0 bridgehead atoms. The number of para-hydroxylation sites is 4. The van der Waals surface area contributed by atoms with E-state index in [2.05, 4.69) is 39.9 Å². The fraction of sp³-hybridized carbons (Fsp3) is 0. The Labute approximate surface area is 241 Å². The second kappa shape index (κ2) is 10.6. The Morgan fingerprint density at radius 3 is 1.07 bits per heavy atom. The molecule has 1 radical (unpaired) electrons. The normalized spacial score (nSPS) is 12.6. The molecule has 10 nitrogen and oxygen atoms in total. The van der Waals surface area contributed by atoms with Crippen LogP contribution in [0.15, 0.2) is 127 Å². The Morgan fingerprint density at radius 2 is 0.732 bits per heavy atom. The fourth-order valence-corrected chi connectivity index (χ4v) is 4.52. The van der Waals surface area contributed by atoms with E-state index in [4.69, 9.17) is 0 Å². The van der Waals surface area contributed by atoms with Crippen LogP contribution in [-0.4, -0.2) is 21.9 Å². The van der Waals surface area contributed by atoms with Crippen molar-refractivity contribution < 1.29 is 27.0 Å². The molecule has 199 valence electrons. The smallest absolute Gasteiger partial charge is 0.860 e. The van der Waals surface area contributed by atoms with E-state index in [1.165, 1.54) is 0 Å². The molecule has 2 aliphatic heterocycles. The third kappa shape index (κ3) is 4.91. The fourth-order valence-electron chi connectivity index (χ4n) is 4.52. The molecule has 2 aromatic heterocycles. The number of nitrogens with zero attached hydrogens (tertiary/aromatic N) is 6. The van der Waals surface area contributed by atoms with E-state index in [0.717, 1.165) is 32.2 Å². The molecule has 0 amide bonds. The second-order valence-electron chi connectivity index (χ2n) is 8.94. The van der Waals surface area contributed by atoms with Crippen LogP contribution in [0, 0.1) is 0 Å². The van der Waals surface area contributed by atoms with Gasteiger partial charge in [-0.15, -0.1) is 0 Å². The van der Waals surface area contributed by atoms with Crippen LogP contribution in [0.25, 0.3) is 21.5 Å². The van der Waals surface area contributed by atoms with Crippen molar-refractivity contribution in [3.05, 3.63) is 118 Å². The van der Waals surface area contributed by atoms with Gasteiger partial charge in [0.15, 0.2) is 0 Å². The van der Waals surface area contributed by atoms with Gasteiger partial charge in [-0.1, -0.05) is 72.8 Å². The van der Waals surface area contributed by atoms with E-state index >= 15 is 0 Å². The molecule has 0 unspecified atom stereocenters. The van der Waals surface area contributed by atoms with Gasteiger partial charge in [0.25, 0.3) is 11.9 Å². The molecule has 0 spiro atoms. The minimum absolute atomic E-state index is 0. The molecule has 0 fully saturated rings. The van der Waals surface area contributed by atoms with Crippen molar-refractivity contribution in [2.24, 2.45) is 30.0 Å². The predicted octanol–water partition coefficient (Wildman–Crippen LogP) is 2.36. The molecule has 2 aliphatic rings. The van der Waals surface area contributed by atoms with Crippen molar-refractivity contribution in [1.82, 2.24) is 9.97 Å². The number of rotatable bonds is 2. The number of aromatic nitrogens is 2. The average molecular weight is 581 g/mol. The Hall–Kier alpha value is -5.39. The zero-order chi connectivity index (χ0) is 27.1. The molecular formula is C30H18CoN8O2. The van der Waals surface area contributed by atoms with Crippen molar-refractivity contribution in [2.45, 2.75) is 0 Å². The molecular weight excluding hydrogens is 563 g/mol. The summed E-state index contributed by atoms with van der Waals surface area (Å²) in [6.07, 6.45) is 0. The summed E-state index contributed by atoms with van der Waals surface area (Å²) in [5.74, 6) is 1.43. The predicted molar refractivity (Wildman–Crippen MR) is 147 cm³/mol. The minimum Gasteiger partial charge on any atom is -0.860 e. The van der Waals surface area contributed by atoms with Gasteiger partial charge in [-0.2, -0.15) is 9.98 Å². The maximum absolute atomic E-state index is 11.8. The molecule has 4 heterocycles. The Kier molecular flexibility index (Phi) is 6.71. The number of nitrogens with one attached hydrogen (secondary N) is 2. The van der Waals surface area contributed by atoms with Gasteiger partial charge in [0.05, 0.1) is 21.4 Å². The van der Waals surface area contributed by atoms with Crippen LogP contribution >= 0.6 is 0 Å². The average Bonchev–Trinajstić information content (AvgIpc) is 3.73. The van der Waals surface area contributed by atoms with Gasteiger partial charge in [0, 0.05) is 10.8 Å². The quantitative estimate of drug-likeness (QED) is 0.323. The summed E-state index contributed by atoms with van der Waals surface area (Å²) in [6.45, 7) is 0. The first kappa shape index (κ1) is 25.9. The SMILES string of the molecule is [Co+2].[O-]c1[nH]c(N=C2N=c3ccccc3=N2)c2ccccc12.[O-]c1[nH]c(N=C2N=c3ccccc3=N2)c2ccccc12. The third-order valence-electron chi connectivity index (χ3n) is 6.39. The van der Waals surface area contributed by atoms with E-state index in [-0.39, 0.29) is 28.5 Å². The van der Waals surface area contributed by atoms with Crippen LogP contribution < -0.4 is 31.6 Å². The van der Waals surface area contributed by atoms with Gasteiger partial charge in [-0.3, -0.25) is 0 Å². The molecule has 0 aliphatic carbocycles. The van der Waals surface area contributed by atoms with Crippen molar-refractivity contribution in [2.75, 3.05) is 0 Å². The van der Waals surface area contributed by atoms with Crippen molar-refractivity contribution in [3.8, 4) is 11.8 Å². The third-order valence-corrected chi connectivity index (χ3v) is 6.39. The zero-order valence-corrected chi connectivity index (χ0v) is 22.1. The van der Waals surface area contributed by atoms with Gasteiger partial charge in [0.1, 0.15) is 11.6 Å². The van der Waals surface area contributed by atoms with Crippen LogP contribution in [0.2, 0.25) is 0 Å². The topological polar surface area (TPSA) is 152 Å². The molecule has 41 heavy (non-hydrogen) atoms. The van der Waals surface area contributed by atoms with Crippen molar-refractivity contribution >= 4 is 45.1 Å². The van der Waals surface area contributed by atoms with E-state index < -0.39 is 0 Å². The first-order valence-corrected chi connectivity index (χ1v) is 12.4. The number of H-pyrrole nitrogens is 2. The molecule has 0 saturated heterocycles. The first-order valence-electron chi connectivity index (χ1n) is 12.4. The number of guanidine groups is 2. The Bertz CT molecular complexity index is 2030. The summed E-state index contributed by atoms with van der Waals surface area (Å²) < 4.78 is 0. The van der Waals surface area contributed by atoms with Crippen LogP contribution in [0.4, 0.5) is 11.6 Å². The van der Waals surface area contributed by atoms with E-state index in [1.54, 1.807) is 12.1 Å². The van der Waals surface area contributed by atoms with Crippen LogP contribution in [-0.2, 0) is 16.8 Å². The molecule has 6 aromatic rings. The van der Waals surface area contributed by atoms with Crippen molar-refractivity contribution in [3.63, 3.8) is 0 Å². The Morgan fingerprint density at radius 1 is 0.439 bits per heavy atom. The van der Waals surface area contributed by atoms with Gasteiger partial charge in [-0.25, -0.2) is 20.0 Å². The summed E-state index contributed by atoms with van der Waals surface area (Å²) in [4.78, 5) is 31.5. The van der Waals surface area contributed by atoms with Gasteiger partial charge in [0.2, 0.25) is 0 Å². The largest absolute Gasteiger partial charge is 2.00 e. The summed E-state index contributed by atoms with van der Waals surface area (Å²) >= 11 is 0. The van der Waals surface area contributed by atoms with Crippen LogP contribution in [0.3, 0.4) is 0 Å². The second-order valence-corrected chi connectivity index (χ2v) is 8.94. The molecule has 0 atom stereocenters. The standard InChI is InChI=1S/2C15H10N4O.Co/c2*20-14-10-6-2-1-5-9(10)13(18-14)19-15-16-11-7-3-4-8-12(11)17-15;/h2*1-8,18,20H;/q;;+2/p-2. The van der Waals surface area contributed by atoms with Gasteiger partial charge in [-0.05, 0) is 46.8 Å². The van der Waals surface area contributed by atoms with Gasteiger partial charge >= 0.3 is 16.8 Å². The molecule has 4 aromatic carbocycles. The van der Waals surface area contributed by atoms with Crippen LogP contribution in [0.1, 0.15) is 0 Å². The number of aliphatic imine (C=N–C) groups is 2. The number of hydrogen-bond donors (Lipinski definition) is 2. The number of benzene rings is 4. The van der Waals surface area contributed by atoms with Crippen molar-refractivity contribution in [1.29, 1.82) is 0 Å². The van der Waals surface area contributed by atoms with E-state index in [9.17, 15) is 10.2 Å². The zero-order valence-electron chi connectivity index (χ0n) is 21.1. The van der Waals surface area contributed by atoms with E-state index in [0.29, 0.717) is 34.3 Å². The monoisotopic (exact) mass is 581 g/mol. The summed E-state index contributed by atoms with van der Waals surface area (Å²) in [7, 11) is 0. The summed E-state index contributed by atoms with van der Waals surface area (Å²) in [6, 6.07) is 29.8. The number of fused-ring (bicyclic) bond motifs is 4. The van der Waals surface area contributed by atoms with Crippen LogP contribution in [0.5, 0.6) is 11.8 Å². The minimum atomic E-state index is -0.143. The number of aromatic amines is 2. The molecule has 8 rings (SSSR count). The molecule has 2 N–H and O–H groups in total. The summed E-state index contributed by atoms with van der Waals surface area (Å²) in [5, 5.41) is 29.6. The Balaban J connectivity index is 0.000000144. The number of hydrogen-bond acceptors (Lipinski definition) is 4. The maximum Gasteiger partial charge on any atom is 2.00 e. The maximum atomic E-state index is 11.8. The first-order chi connectivity index (χ1) is 19.6. The van der Waals surface area contributed by atoms with E-state index in [1.807, 2.05) is 84.9 Å².